The highest BCUT2D eigenvalue weighted by Crippen LogP contribution is 2.38. The van der Waals surface area contributed by atoms with E-state index in [4.69, 9.17) is 17.3 Å². The van der Waals surface area contributed by atoms with E-state index in [2.05, 4.69) is 5.32 Å². The fourth-order valence-electron chi connectivity index (χ4n) is 3.78. The molecule has 2 aromatic rings. The second-order valence-corrected chi connectivity index (χ2v) is 8.46. The average molecular weight is 406 g/mol. The minimum Gasteiger partial charge on any atom is -0.396 e. The molecule has 0 radical (unpaired) electrons. The summed E-state index contributed by atoms with van der Waals surface area (Å²) in [7, 11) is 0. The number of nitrogens with one attached hydrogen (secondary N) is 1. The van der Waals surface area contributed by atoms with Crippen molar-refractivity contribution in [1.29, 1.82) is 0 Å². The van der Waals surface area contributed by atoms with Crippen LogP contribution in [0.2, 0.25) is 5.02 Å². The summed E-state index contributed by atoms with van der Waals surface area (Å²) in [6, 6.07) is 11.9. The molecule has 0 aromatic heterocycles. The summed E-state index contributed by atoms with van der Waals surface area (Å²) in [5.41, 5.74) is 10.6. The lowest BCUT2D eigenvalue weighted by molar-refractivity contribution is -0.0661. The molecule has 2 aromatic carbocycles. The Kier molecular flexibility index (Phi) is 5.48. The molecule has 2 aliphatic rings. The van der Waals surface area contributed by atoms with Gasteiger partial charge in [-0.3, -0.25) is 4.90 Å². The molecular formula is C22H26ClF2N3. The van der Waals surface area contributed by atoms with E-state index in [1.165, 1.54) is 12.8 Å². The van der Waals surface area contributed by atoms with Gasteiger partial charge in [0.2, 0.25) is 0 Å². The number of rotatable bonds is 6. The van der Waals surface area contributed by atoms with E-state index in [1.807, 2.05) is 41.3 Å². The predicted molar refractivity (Wildman–Crippen MR) is 112 cm³/mol. The lowest BCUT2D eigenvalue weighted by Crippen LogP contribution is -2.41. The fraction of sp³-hybridized carbons (Fsp3) is 0.455. The molecule has 0 atom stereocenters. The van der Waals surface area contributed by atoms with E-state index in [0.717, 1.165) is 41.4 Å². The number of anilines is 2. The number of hydrogen-bond acceptors (Lipinski definition) is 3. The Morgan fingerprint density at radius 2 is 1.89 bits per heavy atom. The van der Waals surface area contributed by atoms with Crippen molar-refractivity contribution >= 4 is 23.0 Å². The first kappa shape index (κ1) is 19.5. The highest BCUT2D eigenvalue weighted by atomic mass is 35.5. The van der Waals surface area contributed by atoms with Crippen molar-refractivity contribution in [3.8, 4) is 11.1 Å². The van der Waals surface area contributed by atoms with Crippen LogP contribution >= 0.6 is 11.6 Å². The van der Waals surface area contributed by atoms with Crippen LogP contribution in [0.1, 0.15) is 31.2 Å². The van der Waals surface area contributed by atoms with Crippen LogP contribution in [-0.4, -0.2) is 30.5 Å². The summed E-state index contributed by atoms with van der Waals surface area (Å²) in [6.07, 6.45) is 3.09. The lowest BCUT2D eigenvalue weighted by Gasteiger charge is -2.32. The Morgan fingerprint density at radius 3 is 2.57 bits per heavy atom. The van der Waals surface area contributed by atoms with E-state index in [0.29, 0.717) is 23.7 Å². The van der Waals surface area contributed by atoms with Gasteiger partial charge in [-0.2, -0.15) is 0 Å². The van der Waals surface area contributed by atoms with E-state index >= 15 is 0 Å². The molecular weight excluding hydrogens is 380 g/mol. The van der Waals surface area contributed by atoms with Crippen molar-refractivity contribution in [2.45, 2.75) is 38.2 Å². The Balaban J connectivity index is 1.45. The first-order valence-corrected chi connectivity index (χ1v) is 10.3. The Morgan fingerprint density at radius 1 is 1.14 bits per heavy atom. The van der Waals surface area contributed by atoms with Crippen LogP contribution < -0.4 is 11.1 Å². The maximum absolute atomic E-state index is 13.6. The molecule has 1 aliphatic carbocycles. The first-order chi connectivity index (χ1) is 13.4. The molecule has 1 saturated carbocycles. The third-order valence-electron chi connectivity index (χ3n) is 5.60. The highest BCUT2D eigenvalue weighted by molar-refractivity contribution is 6.36. The zero-order chi connectivity index (χ0) is 19.7. The van der Waals surface area contributed by atoms with Crippen molar-refractivity contribution in [2.75, 3.05) is 30.7 Å². The summed E-state index contributed by atoms with van der Waals surface area (Å²) in [4.78, 5) is 1.82. The Bertz CT molecular complexity index is 834. The zero-order valence-electron chi connectivity index (χ0n) is 15.9. The van der Waals surface area contributed by atoms with Crippen LogP contribution in [0.15, 0.2) is 36.4 Å². The van der Waals surface area contributed by atoms with Gasteiger partial charge in [-0.25, -0.2) is 8.78 Å². The molecule has 1 heterocycles. The Hall–Kier alpha value is -1.85. The minimum atomic E-state index is -2.57. The number of nitrogen functional groups attached to an aromatic ring is 1. The summed E-state index contributed by atoms with van der Waals surface area (Å²) < 4.78 is 27.2. The summed E-state index contributed by atoms with van der Waals surface area (Å²) in [5.74, 6) is -1.82. The van der Waals surface area contributed by atoms with Gasteiger partial charge < -0.3 is 11.1 Å². The van der Waals surface area contributed by atoms with Crippen LogP contribution in [-0.2, 0) is 6.54 Å². The molecule has 1 aliphatic heterocycles. The van der Waals surface area contributed by atoms with Crippen LogP contribution in [0.3, 0.4) is 0 Å². The standard InChI is InChI=1S/C22H26ClF2N3/c23-20-18(8-9-19(21(20)26)27-12-15-2-3-15)17-6-4-16(5-7-17)13-28-11-1-10-22(24,25)14-28/h4-9,15,27H,1-3,10-14,26H2. The van der Waals surface area contributed by atoms with Gasteiger partial charge in [-0.05, 0) is 48.9 Å². The molecule has 0 unspecified atom stereocenters. The van der Waals surface area contributed by atoms with Gasteiger partial charge in [0.1, 0.15) is 0 Å². The van der Waals surface area contributed by atoms with Gasteiger partial charge in [-0.1, -0.05) is 41.9 Å². The van der Waals surface area contributed by atoms with Gasteiger partial charge >= 0.3 is 0 Å². The first-order valence-electron chi connectivity index (χ1n) is 9.93. The largest absolute Gasteiger partial charge is 0.396 e. The van der Waals surface area contributed by atoms with Gasteiger partial charge in [0.25, 0.3) is 5.92 Å². The summed E-state index contributed by atoms with van der Waals surface area (Å²) in [5, 5.41) is 3.92. The molecule has 0 bridgehead atoms. The van der Waals surface area contributed by atoms with Crippen molar-refractivity contribution in [3.63, 3.8) is 0 Å². The summed E-state index contributed by atoms with van der Waals surface area (Å²) in [6.45, 7) is 2.03. The van der Waals surface area contributed by atoms with Crippen LogP contribution in [0.5, 0.6) is 0 Å². The number of nitrogens with zero attached hydrogens (tertiary/aromatic N) is 1. The third-order valence-corrected chi connectivity index (χ3v) is 6.01. The van der Waals surface area contributed by atoms with Gasteiger partial charge in [0, 0.05) is 25.1 Å². The molecule has 28 heavy (non-hydrogen) atoms. The molecule has 0 spiro atoms. The molecule has 3 nitrogen and oxygen atoms in total. The molecule has 2 fully saturated rings. The average Bonchev–Trinajstić information content (AvgIpc) is 3.47. The third kappa shape index (κ3) is 4.58. The summed E-state index contributed by atoms with van der Waals surface area (Å²) >= 11 is 6.53. The molecule has 3 N–H and O–H groups in total. The van der Waals surface area contributed by atoms with E-state index in [-0.39, 0.29) is 13.0 Å². The van der Waals surface area contributed by atoms with Gasteiger partial charge in [0.15, 0.2) is 0 Å². The SMILES string of the molecule is Nc1c(NCC2CC2)ccc(-c2ccc(CN3CCCC(F)(F)C3)cc2)c1Cl. The maximum Gasteiger partial charge on any atom is 0.260 e. The number of piperidine rings is 1. The predicted octanol–water partition coefficient (Wildman–Crippen LogP) is 5.64. The van der Waals surface area contributed by atoms with Crippen LogP contribution in [0.4, 0.5) is 20.2 Å². The smallest absolute Gasteiger partial charge is 0.260 e. The number of benzene rings is 2. The van der Waals surface area contributed by atoms with Gasteiger partial charge in [-0.15, -0.1) is 0 Å². The fourth-order valence-corrected chi connectivity index (χ4v) is 4.05. The monoisotopic (exact) mass is 405 g/mol. The van der Waals surface area contributed by atoms with Gasteiger partial charge in [0.05, 0.1) is 22.9 Å². The van der Waals surface area contributed by atoms with E-state index < -0.39 is 5.92 Å². The molecule has 150 valence electrons. The van der Waals surface area contributed by atoms with E-state index in [9.17, 15) is 8.78 Å². The second kappa shape index (κ2) is 7.88. The van der Waals surface area contributed by atoms with Crippen molar-refractivity contribution < 1.29 is 8.78 Å². The van der Waals surface area contributed by atoms with Crippen molar-refractivity contribution in [1.82, 2.24) is 4.90 Å². The van der Waals surface area contributed by atoms with Crippen molar-refractivity contribution in [3.05, 3.63) is 47.0 Å². The quantitative estimate of drug-likeness (QED) is 0.611. The Labute approximate surface area is 169 Å². The van der Waals surface area contributed by atoms with Crippen LogP contribution in [0, 0.1) is 5.92 Å². The number of hydrogen-bond donors (Lipinski definition) is 2. The second-order valence-electron chi connectivity index (χ2n) is 8.08. The number of alkyl halides is 2. The number of nitrogens with two attached hydrogens (primary N) is 1. The zero-order valence-corrected chi connectivity index (χ0v) is 16.6. The molecule has 0 amide bonds. The minimum absolute atomic E-state index is 0.00608. The maximum atomic E-state index is 13.6. The van der Waals surface area contributed by atoms with Crippen molar-refractivity contribution in [2.24, 2.45) is 5.92 Å². The molecule has 1 saturated heterocycles. The molecule has 6 heteroatoms. The number of halogens is 3. The number of likely N-dealkylation sites (tertiary alicyclic amines) is 1. The normalized spacial score (nSPS) is 19.5. The van der Waals surface area contributed by atoms with E-state index in [1.54, 1.807) is 0 Å². The topological polar surface area (TPSA) is 41.3 Å². The molecule has 4 rings (SSSR count). The van der Waals surface area contributed by atoms with Crippen LogP contribution in [0.25, 0.3) is 11.1 Å². The lowest BCUT2D eigenvalue weighted by atomic mass is 10.0. The highest BCUT2D eigenvalue weighted by Gasteiger charge is 2.34.